The monoisotopic (exact) mass is 580 g/mol. The number of nitrogens with zero attached hydrogens (tertiary/aromatic N) is 1. The first-order valence-corrected chi connectivity index (χ1v) is 16.9. The zero-order chi connectivity index (χ0) is 28.2. The topological polar surface area (TPSA) is 128 Å². The summed E-state index contributed by atoms with van der Waals surface area (Å²) in [6.07, 6.45) is 4.51. The highest BCUT2D eigenvalue weighted by molar-refractivity contribution is 7.99. The zero-order valence-electron chi connectivity index (χ0n) is 23.3. The van der Waals surface area contributed by atoms with Crippen LogP contribution in [0.25, 0.3) is 0 Å². The van der Waals surface area contributed by atoms with Gasteiger partial charge in [-0.1, -0.05) is 37.5 Å². The number of likely N-dealkylation sites (tertiary alicyclic amines) is 1. The molecule has 2 amide bonds. The summed E-state index contributed by atoms with van der Waals surface area (Å²) in [5, 5.41) is 20.4. The van der Waals surface area contributed by atoms with E-state index in [1.54, 1.807) is 0 Å². The molecule has 3 aliphatic rings. The molecule has 3 fully saturated rings. The number of β-amino-alcohol motifs (C(OH)–C–C–N with tert-alkyl or cyclic N) is 1. The Morgan fingerprint density at radius 2 is 1.82 bits per heavy atom. The van der Waals surface area contributed by atoms with Gasteiger partial charge in [0.1, 0.15) is 6.04 Å². The molecule has 2 saturated heterocycles. The number of hydrogen-bond acceptors (Lipinski definition) is 8. The first kappa shape index (κ1) is 30.3. The lowest BCUT2D eigenvalue weighted by Crippen LogP contribution is -2.61. The predicted molar refractivity (Wildman–Crippen MR) is 154 cm³/mol. The van der Waals surface area contributed by atoms with Crippen LogP contribution in [0.2, 0.25) is 0 Å². The third kappa shape index (κ3) is 8.66. The second kappa shape index (κ2) is 12.9. The van der Waals surface area contributed by atoms with Gasteiger partial charge in [-0.3, -0.25) is 19.8 Å². The molecular formula is C28H44N4O5S2. The SMILES string of the molecule is CC(C)(C)NC(=O)[C@@H]1CC2CCCCC2CN1CC(O)C(CSc1ccccc1)NC(=O)C1CS(=O)(=O)CN1. The lowest BCUT2D eigenvalue weighted by Gasteiger charge is -2.47. The third-order valence-corrected chi connectivity index (χ3v) is 10.6. The minimum Gasteiger partial charge on any atom is -0.390 e. The highest BCUT2D eigenvalue weighted by Crippen LogP contribution is 2.39. The number of amides is 2. The highest BCUT2D eigenvalue weighted by atomic mass is 32.2. The van der Waals surface area contributed by atoms with Crippen molar-refractivity contribution in [2.75, 3.05) is 30.5 Å². The molecule has 218 valence electrons. The molecule has 1 aromatic rings. The predicted octanol–water partition coefficient (Wildman–Crippen LogP) is 1.76. The summed E-state index contributed by atoms with van der Waals surface area (Å²) >= 11 is 1.53. The number of rotatable bonds is 9. The van der Waals surface area contributed by atoms with Gasteiger partial charge in [-0.2, -0.15) is 0 Å². The fourth-order valence-corrected chi connectivity index (χ4v) is 8.37. The summed E-state index contributed by atoms with van der Waals surface area (Å²) in [6.45, 7) is 6.92. The van der Waals surface area contributed by atoms with Crippen molar-refractivity contribution in [1.82, 2.24) is 20.9 Å². The van der Waals surface area contributed by atoms with Gasteiger partial charge in [0.15, 0.2) is 9.84 Å². The Labute approximate surface area is 237 Å². The summed E-state index contributed by atoms with van der Waals surface area (Å²) in [5.41, 5.74) is -0.359. The third-order valence-electron chi connectivity index (χ3n) is 7.98. The van der Waals surface area contributed by atoms with Crippen molar-refractivity contribution >= 4 is 33.4 Å². The van der Waals surface area contributed by atoms with E-state index in [4.69, 9.17) is 0 Å². The van der Waals surface area contributed by atoms with Crippen molar-refractivity contribution in [3.63, 3.8) is 0 Å². The average Bonchev–Trinajstić information content (AvgIpc) is 3.25. The Morgan fingerprint density at radius 1 is 1.13 bits per heavy atom. The summed E-state index contributed by atoms with van der Waals surface area (Å²) in [6, 6.07) is 7.96. The van der Waals surface area contributed by atoms with Crippen LogP contribution in [0.15, 0.2) is 35.2 Å². The second-order valence-corrected chi connectivity index (χ2v) is 15.6. The number of benzene rings is 1. The zero-order valence-corrected chi connectivity index (χ0v) is 24.9. The molecule has 1 aliphatic carbocycles. The van der Waals surface area contributed by atoms with Crippen LogP contribution >= 0.6 is 11.8 Å². The number of fused-ring (bicyclic) bond motifs is 1. The van der Waals surface area contributed by atoms with E-state index in [1.807, 2.05) is 51.1 Å². The largest absolute Gasteiger partial charge is 0.390 e. The van der Waals surface area contributed by atoms with E-state index in [2.05, 4.69) is 20.9 Å². The van der Waals surface area contributed by atoms with Gasteiger partial charge in [0.25, 0.3) is 0 Å². The molecule has 1 aromatic carbocycles. The van der Waals surface area contributed by atoms with Crippen molar-refractivity contribution < 1.29 is 23.1 Å². The maximum Gasteiger partial charge on any atom is 0.238 e. The fourth-order valence-electron chi connectivity index (χ4n) is 6.00. The number of nitrogens with one attached hydrogen (secondary N) is 3. The van der Waals surface area contributed by atoms with E-state index < -0.39 is 33.9 Å². The van der Waals surface area contributed by atoms with Crippen LogP contribution in [-0.4, -0.2) is 90.5 Å². The van der Waals surface area contributed by atoms with Crippen molar-refractivity contribution in [1.29, 1.82) is 0 Å². The summed E-state index contributed by atoms with van der Waals surface area (Å²) in [4.78, 5) is 29.6. The van der Waals surface area contributed by atoms with Gasteiger partial charge in [-0.15, -0.1) is 11.8 Å². The van der Waals surface area contributed by atoms with Crippen molar-refractivity contribution in [2.24, 2.45) is 11.8 Å². The molecule has 6 atom stereocenters. The molecule has 39 heavy (non-hydrogen) atoms. The Kier molecular flexibility index (Phi) is 10.0. The van der Waals surface area contributed by atoms with Crippen LogP contribution < -0.4 is 16.0 Å². The second-order valence-electron chi connectivity index (χ2n) is 12.4. The average molecular weight is 581 g/mol. The van der Waals surface area contributed by atoms with E-state index in [-0.39, 0.29) is 35.7 Å². The Hall–Kier alpha value is -1.66. The van der Waals surface area contributed by atoms with E-state index in [0.717, 1.165) is 30.7 Å². The van der Waals surface area contributed by atoms with E-state index in [0.29, 0.717) is 17.6 Å². The smallest absolute Gasteiger partial charge is 0.238 e. The van der Waals surface area contributed by atoms with Gasteiger partial charge >= 0.3 is 0 Å². The lowest BCUT2D eigenvalue weighted by molar-refractivity contribution is -0.133. The number of piperidine rings is 1. The Balaban J connectivity index is 1.49. The minimum absolute atomic E-state index is 0.0154. The Morgan fingerprint density at radius 3 is 2.46 bits per heavy atom. The number of aliphatic hydroxyl groups excluding tert-OH is 1. The summed E-state index contributed by atoms with van der Waals surface area (Å²) in [7, 11) is -3.31. The summed E-state index contributed by atoms with van der Waals surface area (Å²) < 4.78 is 23.8. The Bertz CT molecular complexity index is 1090. The molecule has 0 aromatic heterocycles. The van der Waals surface area contributed by atoms with Crippen LogP contribution in [0.1, 0.15) is 52.9 Å². The maximum atomic E-state index is 13.4. The maximum absolute atomic E-state index is 13.4. The number of aliphatic hydroxyl groups is 1. The number of hydrogen-bond donors (Lipinski definition) is 4. The van der Waals surface area contributed by atoms with Gasteiger partial charge in [0.2, 0.25) is 11.8 Å². The molecule has 11 heteroatoms. The first-order valence-electron chi connectivity index (χ1n) is 14.1. The molecule has 9 nitrogen and oxygen atoms in total. The van der Waals surface area contributed by atoms with Gasteiger partial charge in [0, 0.05) is 29.3 Å². The normalized spacial score (nSPS) is 28.7. The van der Waals surface area contributed by atoms with Gasteiger partial charge in [0.05, 0.1) is 29.8 Å². The molecule has 0 bridgehead atoms. The molecule has 2 heterocycles. The molecule has 1 saturated carbocycles. The van der Waals surface area contributed by atoms with Crippen molar-refractivity contribution in [3.8, 4) is 0 Å². The first-order chi connectivity index (χ1) is 18.4. The van der Waals surface area contributed by atoms with Crippen LogP contribution in [-0.2, 0) is 19.4 Å². The molecule has 0 radical (unpaired) electrons. The van der Waals surface area contributed by atoms with E-state index in [9.17, 15) is 23.1 Å². The van der Waals surface area contributed by atoms with Crippen molar-refractivity contribution in [2.45, 2.75) is 87.5 Å². The number of sulfone groups is 1. The van der Waals surface area contributed by atoms with Crippen LogP contribution in [0.3, 0.4) is 0 Å². The molecule has 5 unspecified atom stereocenters. The van der Waals surface area contributed by atoms with Gasteiger partial charge in [-0.05, 0) is 57.6 Å². The van der Waals surface area contributed by atoms with Gasteiger partial charge < -0.3 is 15.7 Å². The lowest BCUT2D eigenvalue weighted by atomic mass is 9.72. The van der Waals surface area contributed by atoms with Crippen LogP contribution in [0, 0.1) is 11.8 Å². The minimum atomic E-state index is -3.31. The molecule has 4 N–H and O–H groups in total. The van der Waals surface area contributed by atoms with E-state index >= 15 is 0 Å². The molecule has 4 rings (SSSR count). The highest BCUT2D eigenvalue weighted by Gasteiger charge is 2.42. The van der Waals surface area contributed by atoms with Crippen LogP contribution in [0.5, 0.6) is 0 Å². The quantitative estimate of drug-likeness (QED) is 0.326. The standard InChI is InChI=1S/C28H44N4O5S2/c1-28(2,3)31-27(35)24-13-19-9-7-8-10-20(19)14-32(24)15-25(33)22(16-38-21-11-5-4-6-12-21)30-26(34)23-17-39(36,37)18-29-23/h4-6,11-12,19-20,22-25,29,33H,7-10,13-18H2,1-3H3,(H,30,34)(H,31,35)/t19?,20?,22?,23?,24-,25?/m0/s1. The number of thioether (sulfide) groups is 1. The number of carbonyl (C=O) groups excluding carboxylic acids is 2. The fraction of sp³-hybridized carbons (Fsp3) is 0.714. The van der Waals surface area contributed by atoms with Crippen molar-refractivity contribution in [3.05, 3.63) is 30.3 Å². The summed E-state index contributed by atoms with van der Waals surface area (Å²) in [5.74, 6) is 0.511. The van der Waals surface area contributed by atoms with E-state index in [1.165, 1.54) is 24.6 Å². The molecular weight excluding hydrogens is 536 g/mol. The molecule has 0 spiro atoms. The number of carbonyl (C=O) groups is 2. The molecule has 2 aliphatic heterocycles. The van der Waals surface area contributed by atoms with Gasteiger partial charge in [-0.25, -0.2) is 8.42 Å². The van der Waals surface area contributed by atoms with Crippen LogP contribution in [0.4, 0.5) is 0 Å².